The number of nitrogens with one attached hydrogen (secondary N) is 1. The highest BCUT2D eigenvalue weighted by Gasteiger charge is 2.17. The summed E-state index contributed by atoms with van der Waals surface area (Å²) in [5, 5.41) is 14.6. The fourth-order valence-corrected chi connectivity index (χ4v) is 3.14. The molecule has 0 aliphatic carbocycles. The molecule has 3 heterocycles. The van der Waals surface area contributed by atoms with Gasteiger partial charge in [0.05, 0.1) is 5.69 Å². The first-order valence-corrected chi connectivity index (χ1v) is 8.31. The third kappa shape index (κ3) is 3.21. The Kier molecular flexibility index (Phi) is 4.33. The van der Waals surface area contributed by atoms with Crippen LogP contribution in [0.15, 0.2) is 28.0 Å². The number of thiophene rings is 1. The maximum atomic E-state index is 9.23. The molecule has 3 N–H and O–H groups in total. The lowest BCUT2D eigenvalue weighted by atomic mass is 10.1. The monoisotopic (exact) mass is 326 g/mol. The summed E-state index contributed by atoms with van der Waals surface area (Å²) in [5.41, 5.74) is 9.42. The van der Waals surface area contributed by atoms with Crippen LogP contribution in [-0.4, -0.2) is 11.0 Å². The summed E-state index contributed by atoms with van der Waals surface area (Å²) in [6.45, 7) is 4.58. The van der Waals surface area contributed by atoms with Crippen molar-refractivity contribution >= 4 is 28.1 Å². The van der Waals surface area contributed by atoms with E-state index >= 15 is 0 Å². The Labute approximate surface area is 138 Å². The smallest absolute Gasteiger partial charge is 0.176 e. The summed E-state index contributed by atoms with van der Waals surface area (Å²) in [7, 11) is 0. The third-order valence-corrected chi connectivity index (χ3v) is 4.50. The largest absolute Gasteiger partial charge is 0.457 e. The van der Waals surface area contributed by atoms with Gasteiger partial charge in [-0.25, -0.2) is 4.98 Å². The van der Waals surface area contributed by atoms with Crippen molar-refractivity contribution in [3.63, 3.8) is 0 Å². The highest BCUT2D eigenvalue weighted by Crippen LogP contribution is 2.31. The van der Waals surface area contributed by atoms with Gasteiger partial charge in [-0.3, -0.25) is 0 Å². The molecule has 0 aliphatic rings. The molecule has 0 radical (unpaired) electrons. The van der Waals surface area contributed by atoms with E-state index in [1.54, 1.807) is 17.4 Å². The van der Waals surface area contributed by atoms with Crippen molar-refractivity contribution < 1.29 is 4.42 Å². The summed E-state index contributed by atoms with van der Waals surface area (Å²) in [6.07, 6.45) is 0.647. The standard InChI is InChI=1S/C17H18N4OS/c1-10(19)6-15-11(2)16-17(22-15)14(7-12(8-18)21-16)20-9-13-4-3-5-23-13/h3-5,7,10H,6,9,19H2,1-2H3,(H,20,21)/t10-/m0/s1. The molecule has 0 unspecified atom stereocenters. The average Bonchev–Trinajstić information content (AvgIpc) is 3.14. The Hall–Kier alpha value is -2.36. The van der Waals surface area contributed by atoms with E-state index in [0.717, 1.165) is 22.5 Å². The van der Waals surface area contributed by atoms with Crippen molar-refractivity contribution in [3.8, 4) is 6.07 Å². The molecule has 0 saturated heterocycles. The molecule has 0 aromatic carbocycles. The summed E-state index contributed by atoms with van der Waals surface area (Å²) >= 11 is 1.68. The second-order valence-corrected chi connectivity index (χ2v) is 6.64. The van der Waals surface area contributed by atoms with Gasteiger partial charge in [-0.05, 0) is 25.3 Å². The van der Waals surface area contributed by atoms with E-state index in [0.29, 0.717) is 24.2 Å². The van der Waals surface area contributed by atoms with Crippen molar-refractivity contribution in [3.05, 3.63) is 45.5 Å². The third-order valence-electron chi connectivity index (χ3n) is 3.63. The van der Waals surface area contributed by atoms with Gasteiger partial charge in [-0.1, -0.05) is 6.07 Å². The molecule has 23 heavy (non-hydrogen) atoms. The SMILES string of the molecule is Cc1c(C[C@H](C)N)oc2c(NCc3cccs3)cc(C#N)nc12. The zero-order chi connectivity index (χ0) is 16.4. The molecule has 3 rings (SSSR count). The van der Waals surface area contributed by atoms with E-state index in [4.69, 9.17) is 10.2 Å². The molecule has 0 amide bonds. The Morgan fingerprint density at radius 3 is 3.00 bits per heavy atom. The van der Waals surface area contributed by atoms with Gasteiger partial charge in [0.1, 0.15) is 23.0 Å². The van der Waals surface area contributed by atoms with E-state index in [-0.39, 0.29) is 6.04 Å². The van der Waals surface area contributed by atoms with Gasteiger partial charge in [-0.15, -0.1) is 11.3 Å². The Bertz CT molecular complexity index is 859. The number of hydrogen-bond acceptors (Lipinski definition) is 6. The van der Waals surface area contributed by atoms with E-state index in [2.05, 4.69) is 22.4 Å². The van der Waals surface area contributed by atoms with Gasteiger partial charge in [-0.2, -0.15) is 5.26 Å². The van der Waals surface area contributed by atoms with Crippen LogP contribution in [0.5, 0.6) is 0 Å². The molecule has 0 spiro atoms. The van der Waals surface area contributed by atoms with Crippen molar-refractivity contribution in [2.75, 3.05) is 5.32 Å². The van der Waals surface area contributed by atoms with E-state index in [9.17, 15) is 5.26 Å². The number of nitrogens with zero attached hydrogens (tertiary/aromatic N) is 2. The van der Waals surface area contributed by atoms with Crippen molar-refractivity contribution in [1.82, 2.24) is 4.98 Å². The minimum Gasteiger partial charge on any atom is -0.457 e. The first kappa shape index (κ1) is 15.5. The van der Waals surface area contributed by atoms with Crippen LogP contribution in [0, 0.1) is 18.3 Å². The molecular formula is C17H18N4OS. The van der Waals surface area contributed by atoms with Gasteiger partial charge < -0.3 is 15.5 Å². The number of nitriles is 1. The van der Waals surface area contributed by atoms with E-state index in [1.165, 1.54) is 4.88 Å². The Balaban J connectivity index is 2.02. The van der Waals surface area contributed by atoms with Gasteiger partial charge in [0, 0.05) is 35.5 Å². The van der Waals surface area contributed by atoms with Crippen LogP contribution in [-0.2, 0) is 13.0 Å². The number of fused-ring (bicyclic) bond motifs is 1. The van der Waals surface area contributed by atoms with Crippen LogP contribution in [0.4, 0.5) is 5.69 Å². The van der Waals surface area contributed by atoms with Gasteiger partial charge in [0.25, 0.3) is 0 Å². The fourth-order valence-electron chi connectivity index (χ4n) is 2.49. The predicted molar refractivity (Wildman–Crippen MR) is 92.5 cm³/mol. The predicted octanol–water partition coefficient (Wildman–Crippen LogP) is 3.57. The summed E-state index contributed by atoms with van der Waals surface area (Å²) in [6, 6.07) is 7.93. The normalized spacial score (nSPS) is 12.3. The molecule has 118 valence electrons. The molecule has 5 nitrogen and oxygen atoms in total. The number of anilines is 1. The lowest BCUT2D eigenvalue weighted by Gasteiger charge is -2.06. The van der Waals surface area contributed by atoms with Crippen LogP contribution in [0.1, 0.15) is 28.8 Å². The number of nitrogens with two attached hydrogens (primary N) is 1. The van der Waals surface area contributed by atoms with Crippen LogP contribution >= 0.6 is 11.3 Å². The van der Waals surface area contributed by atoms with Gasteiger partial charge in [0.15, 0.2) is 5.58 Å². The van der Waals surface area contributed by atoms with Crippen molar-refractivity contribution in [2.45, 2.75) is 32.9 Å². The molecule has 1 atom stereocenters. The summed E-state index contributed by atoms with van der Waals surface area (Å²) in [4.78, 5) is 5.61. The second-order valence-electron chi connectivity index (χ2n) is 5.61. The minimum absolute atomic E-state index is 0.00669. The molecule has 6 heteroatoms. The topological polar surface area (TPSA) is 87.9 Å². The van der Waals surface area contributed by atoms with Crippen molar-refractivity contribution in [2.24, 2.45) is 5.73 Å². The van der Waals surface area contributed by atoms with Crippen molar-refractivity contribution in [1.29, 1.82) is 5.26 Å². The zero-order valence-electron chi connectivity index (χ0n) is 13.1. The number of aromatic nitrogens is 1. The lowest BCUT2D eigenvalue weighted by Crippen LogP contribution is -2.17. The van der Waals surface area contributed by atoms with E-state index < -0.39 is 0 Å². The number of aryl methyl sites for hydroxylation is 1. The second kappa shape index (κ2) is 6.41. The number of furan rings is 1. The number of hydrogen-bond donors (Lipinski definition) is 2. The summed E-state index contributed by atoms with van der Waals surface area (Å²) < 4.78 is 6.00. The molecule has 3 aromatic rings. The van der Waals surface area contributed by atoms with Crippen LogP contribution in [0.3, 0.4) is 0 Å². The first-order valence-electron chi connectivity index (χ1n) is 7.43. The van der Waals surface area contributed by atoms with Crippen LogP contribution < -0.4 is 11.1 Å². The molecule has 0 bridgehead atoms. The molecule has 3 aromatic heterocycles. The molecule has 0 fully saturated rings. The quantitative estimate of drug-likeness (QED) is 0.748. The molecule has 0 saturated carbocycles. The summed E-state index contributed by atoms with van der Waals surface area (Å²) in [5.74, 6) is 0.830. The maximum Gasteiger partial charge on any atom is 0.176 e. The highest BCUT2D eigenvalue weighted by atomic mass is 32.1. The van der Waals surface area contributed by atoms with Gasteiger partial charge in [0.2, 0.25) is 0 Å². The average molecular weight is 326 g/mol. The zero-order valence-corrected chi connectivity index (χ0v) is 13.9. The first-order chi connectivity index (χ1) is 11.1. The minimum atomic E-state index is 0.00669. The molecular weight excluding hydrogens is 308 g/mol. The van der Waals surface area contributed by atoms with Crippen LogP contribution in [0.2, 0.25) is 0 Å². The van der Waals surface area contributed by atoms with E-state index in [1.807, 2.05) is 25.3 Å². The van der Waals surface area contributed by atoms with Gasteiger partial charge >= 0.3 is 0 Å². The Morgan fingerprint density at radius 2 is 2.35 bits per heavy atom. The van der Waals surface area contributed by atoms with Crippen LogP contribution in [0.25, 0.3) is 11.1 Å². The lowest BCUT2D eigenvalue weighted by molar-refractivity contribution is 0.522. The Morgan fingerprint density at radius 1 is 1.52 bits per heavy atom. The molecule has 0 aliphatic heterocycles. The highest BCUT2D eigenvalue weighted by molar-refractivity contribution is 7.09. The maximum absolute atomic E-state index is 9.23. The number of pyridine rings is 1. The fraction of sp³-hybridized carbons (Fsp3) is 0.294. The number of rotatable bonds is 5.